The average Bonchev–Trinajstić information content (AvgIpc) is 3.30. The quantitative estimate of drug-likeness (QED) is 0.372. The molecule has 3 heterocycles. The molecule has 0 spiro atoms. The Morgan fingerprint density at radius 1 is 1.17 bits per heavy atom. The third kappa shape index (κ3) is 3.37. The molecule has 3 aromatic heterocycles. The number of hydrogen-bond acceptors (Lipinski definition) is 5. The number of carbonyl (C=O) groups excluding carboxylic acids is 1. The molecule has 1 amide bonds. The fourth-order valence-electron chi connectivity index (χ4n) is 3.07. The molecular formula is C21H12BrN3O3S. The normalized spacial score (nSPS) is 11.2. The first-order chi connectivity index (χ1) is 14.1. The molecule has 6 nitrogen and oxygen atoms in total. The SMILES string of the molecule is O=C(Nc1cccc(-c2cn3ccsc3n2)c1)c1cc2cc(Br)ccc2oc1=O. The molecule has 0 atom stereocenters. The monoisotopic (exact) mass is 465 g/mol. The Kier molecular flexibility index (Phi) is 4.30. The first-order valence-corrected chi connectivity index (χ1v) is 10.3. The summed E-state index contributed by atoms with van der Waals surface area (Å²) in [6.07, 6.45) is 3.88. The summed E-state index contributed by atoms with van der Waals surface area (Å²) in [6.45, 7) is 0. The molecule has 0 radical (unpaired) electrons. The van der Waals surface area contributed by atoms with E-state index in [2.05, 4.69) is 26.2 Å². The Balaban J connectivity index is 1.46. The molecule has 0 saturated carbocycles. The summed E-state index contributed by atoms with van der Waals surface area (Å²) in [7, 11) is 0. The van der Waals surface area contributed by atoms with Crippen LogP contribution in [0.4, 0.5) is 5.69 Å². The minimum Gasteiger partial charge on any atom is -0.422 e. The van der Waals surface area contributed by atoms with E-state index in [4.69, 9.17) is 4.42 Å². The van der Waals surface area contributed by atoms with Crippen molar-refractivity contribution in [2.45, 2.75) is 0 Å². The number of fused-ring (bicyclic) bond motifs is 2. The molecule has 5 aromatic rings. The third-order valence-electron chi connectivity index (χ3n) is 4.45. The first kappa shape index (κ1) is 17.8. The van der Waals surface area contributed by atoms with E-state index in [9.17, 15) is 9.59 Å². The van der Waals surface area contributed by atoms with Crippen molar-refractivity contribution in [3.05, 3.63) is 86.8 Å². The van der Waals surface area contributed by atoms with Crippen LogP contribution in [0, 0.1) is 0 Å². The molecule has 0 bridgehead atoms. The van der Waals surface area contributed by atoms with E-state index in [1.807, 2.05) is 40.4 Å². The molecule has 29 heavy (non-hydrogen) atoms. The molecule has 8 heteroatoms. The Labute approximate surface area is 176 Å². The number of anilines is 1. The van der Waals surface area contributed by atoms with Crippen LogP contribution in [0.25, 0.3) is 27.2 Å². The van der Waals surface area contributed by atoms with Gasteiger partial charge in [-0.3, -0.25) is 9.20 Å². The summed E-state index contributed by atoms with van der Waals surface area (Å²) in [5, 5.41) is 5.41. The van der Waals surface area contributed by atoms with Crippen molar-refractivity contribution in [3.8, 4) is 11.3 Å². The standard InChI is InChI=1S/C21H12BrN3O3S/c22-14-4-5-18-13(8-14)10-16(20(27)28-18)19(26)23-15-3-1-2-12(9-15)17-11-25-6-7-29-21(25)24-17/h1-11H,(H,23,26). The fourth-order valence-corrected chi connectivity index (χ4v) is 4.15. The lowest BCUT2D eigenvalue weighted by Gasteiger charge is -2.07. The Morgan fingerprint density at radius 2 is 2.07 bits per heavy atom. The molecule has 142 valence electrons. The van der Waals surface area contributed by atoms with Crippen LogP contribution in [0.5, 0.6) is 0 Å². The Morgan fingerprint density at radius 3 is 2.93 bits per heavy atom. The number of aromatic nitrogens is 2. The van der Waals surface area contributed by atoms with E-state index in [-0.39, 0.29) is 5.56 Å². The van der Waals surface area contributed by atoms with Crippen LogP contribution in [-0.2, 0) is 0 Å². The number of nitrogens with one attached hydrogen (secondary N) is 1. The number of amides is 1. The summed E-state index contributed by atoms with van der Waals surface area (Å²) in [4.78, 5) is 30.4. The van der Waals surface area contributed by atoms with Crippen LogP contribution in [0.15, 0.2) is 80.0 Å². The van der Waals surface area contributed by atoms with E-state index in [1.165, 1.54) is 6.07 Å². The van der Waals surface area contributed by atoms with Crippen molar-refractivity contribution >= 4 is 54.8 Å². The number of halogens is 1. The highest BCUT2D eigenvalue weighted by Crippen LogP contribution is 2.25. The van der Waals surface area contributed by atoms with Gasteiger partial charge in [0.05, 0.1) is 5.69 Å². The van der Waals surface area contributed by atoms with Gasteiger partial charge in [-0.25, -0.2) is 9.78 Å². The summed E-state index contributed by atoms with van der Waals surface area (Å²) in [6, 6.07) is 14.1. The van der Waals surface area contributed by atoms with Gasteiger partial charge < -0.3 is 9.73 Å². The molecule has 0 fully saturated rings. The number of imidazole rings is 1. The van der Waals surface area contributed by atoms with Crippen LogP contribution in [0.1, 0.15) is 10.4 Å². The lowest BCUT2D eigenvalue weighted by molar-refractivity contribution is 0.102. The molecule has 0 aliphatic heterocycles. The summed E-state index contributed by atoms with van der Waals surface area (Å²) in [5.41, 5.74) is 1.94. The fraction of sp³-hybridized carbons (Fsp3) is 0. The van der Waals surface area contributed by atoms with E-state index in [0.717, 1.165) is 20.7 Å². The van der Waals surface area contributed by atoms with Crippen molar-refractivity contribution in [2.24, 2.45) is 0 Å². The summed E-state index contributed by atoms with van der Waals surface area (Å²) >= 11 is 4.93. The predicted octanol–water partition coefficient (Wildman–Crippen LogP) is 5.18. The van der Waals surface area contributed by atoms with Gasteiger partial charge in [0.1, 0.15) is 11.1 Å². The van der Waals surface area contributed by atoms with Gasteiger partial charge in [0.25, 0.3) is 5.91 Å². The predicted molar refractivity (Wildman–Crippen MR) is 117 cm³/mol. The lowest BCUT2D eigenvalue weighted by atomic mass is 10.1. The zero-order valence-electron chi connectivity index (χ0n) is 14.8. The van der Waals surface area contributed by atoms with Crippen LogP contribution >= 0.6 is 27.3 Å². The number of carbonyl (C=O) groups is 1. The zero-order valence-corrected chi connectivity index (χ0v) is 17.2. The number of benzene rings is 2. The van der Waals surface area contributed by atoms with Gasteiger partial charge in [-0.2, -0.15) is 0 Å². The average molecular weight is 466 g/mol. The molecule has 5 rings (SSSR count). The van der Waals surface area contributed by atoms with Crippen molar-refractivity contribution in [2.75, 3.05) is 5.32 Å². The van der Waals surface area contributed by atoms with Crippen LogP contribution < -0.4 is 10.9 Å². The maximum atomic E-state index is 12.7. The largest absolute Gasteiger partial charge is 0.422 e. The Hall–Kier alpha value is -3.23. The van der Waals surface area contributed by atoms with Crippen molar-refractivity contribution < 1.29 is 9.21 Å². The second kappa shape index (κ2) is 6.98. The van der Waals surface area contributed by atoms with Gasteiger partial charge in [-0.1, -0.05) is 28.1 Å². The number of rotatable bonds is 3. The molecule has 0 unspecified atom stereocenters. The number of nitrogens with zero attached hydrogens (tertiary/aromatic N) is 2. The van der Waals surface area contributed by atoms with Gasteiger partial charge in [0, 0.05) is 38.9 Å². The van der Waals surface area contributed by atoms with Gasteiger partial charge in [-0.15, -0.1) is 11.3 Å². The third-order valence-corrected chi connectivity index (χ3v) is 5.71. The highest BCUT2D eigenvalue weighted by atomic mass is 79.9. The smallest absolute Gasteiger partial charge is 0.349 e. The minimum absolute atomic E-state index is 0.0523. The van der Waals surface area contributed by atoms with Gasteiger partial charge in [0.15, 0.2) is 4.96 Å². The molecular weight excluding hydrogens is 454 g/mol. The zero-order chi connectivity index (χ0) is 20.0. The molecule has 1 N–H and O–H groups in total. The van der Waals surface area contributed by atoms with E-state index in [0.29, 0.717) is 16.7 Å². The maximum Gasteiger partial charge on any atom is 0.349 e. The van der Waals surface area contributed by atoms with E-state index >= 15 is 0 Å². The molecule has 2 aromatic carbocycles. The molecule has 0 aliphatic rings. The van der Waals surface area contributed by atoms with Gasteiger partial charge in [0.2, 0.25) is 0 Å². The maximum absolute atomic E-state index is 12.7. The molecule has 0 saturated heterocycles. The highest BCUT2D eigenvalue weighted by Gasteiger charge is 2.15. The topological polar surface area (TPSA) is 76.6 Å². The second-order valence-electron chi connectivity index (χ2n) is 6.38. The first-order valence-electron chi connectivity index (χ1n) is 8.64. The van der Waals surface area contributed by atoms with E-state index < -0.39 is 11.5 Å². The van der Waals surface area contributed by atoms with Crippen molar-refractivity contribution in [1.82, 2.24) is 9.38 Å². The van der Waals surface area contributed by atoms with Crippen LogP contribution in [0.2, 0.25) is 0 Å². The van der Waals surface area contributed by atoms with Crippen molar-refractivity contribution in [1.29, 1.82) is 0 Å². The number of hydrogen-bond donors (Lipinski definition) is 1. The van der Waals surface area contributed by atoms with Crippen LogP contribution in [-0.4, -0.2) is 15.3 Å². The Bertz CT molecular complexity index is 1420. The van der Waals surface area contributed by atoms with E-state index in [1.54, 1.807) is 35.6 Å². The lowest BCUT2D eigenvalue weighted by Crippen LogP contribution is -2.20. The number of thiazole rings is 1. The summed E-state index contributed by atoms with van der Waals surface area (Å²) < 4.78 is 8.06. The van der Waals surface area contributed by atoms with Gasteiger partial charge >= 0.3 is 5.63 Å². The van der Waals surface area contributed by atoms with Crippen LogP contribution in [0.3, 0.4) is 0 Å². The summed E-state index contributed by atoms with van der Waals surface area (Å²) in [5.74, 6) is -0.524. The van der Waals surface area contributed by atoms with Gasteiger partial charge in [-0.05, 0) is 36.4 Å². The molecule has 0 aliphatic carbocycles. The second-order valence-corrected chi connectivity index (χ2v) is 8.17. The highest BCUT2D eigenvalue weighted by molar-refractivity contribution is 9.10. The van der Waals surface area contributed by atoms with Crippen molar-refractivity contribution in [3.63, 3.8) is 0 Å². The minimum atomic E-state index is -0.678.